The molecule has 0 saturated carbocycles. The molecule has 1 rings (SSSR count). The van der Waals surface area contributed by atoms with Crippen molar-refractivity contribution in [2.24, 2.45) is 5.92 Å². The lowest BCUT2D eigenvalue weighted by atomic mass is 9.94. The van der Waals surface area contributed by atoms with E-state index in [0.717, 1.165) is 12.1 Å². The van der Waals surface area contributed by atoms with Crippen molar-refractivity contribution in [1.29, 1.82) is 0 Å². The third-order valence-corrected chi connectivity index (χ3v) is 2.82. The standard InChI is InChI=1S/C14H24N2O3/c1-10(2)7-14(3,18)9-15-8-11-5-6-12(16-11)13(17)19-4/h5-6,10,15-16,18H,7-9H2,1-4H3. The van der Waals surface area contributed by atoms with E-state index in [1.165, 1.54) is 7.11 Å². The van der Waals surface area contributed by atoms with E-state index in [2.05, 4.69) is 28.9 Å². The maximum absolute atomic E-state index is 11.3. The molecule has 3 N–H and O–H groups in total. The summed E-state index contributed by atoms with van der Waals surface area (Å²) in [5.74, 6) is 0.0752. The molecule has 0 bridgehead atoms. The number of nitrogens with one attached hydrogen (secondary N) is 2. The van der Waals surface area contributed by atoms with Crippen LogP contribution in [0.5, 0.6) is 0 Å². The van der Waals surface area contributed by atoms with Gasteiger partial charge in [-0.25, -0.2) is 4.79 Å². The van der Waals surface area contributed by atoms with E-state index in [4.69, 9.17) is 0 Å². The Balaban J connectivity index is 2.41. The smallest absolute Gasteiger partial charge is 0.354 e. The molecule has 5 heteroatoms. The van der Waals surface area contributed by atoms with Crippen molar-refractivity contribution in [1.82, 2.24) is 10.3 Å². The molecule has 0 amide bonds. The normalized spacial score (nSPS) is 14.4. The van der Waals surface area contributed by atoms with E-state index < -0.39 is 5.60 Å². The number of carbonyl (C=O) groups is 1. The number of H-pyrrole nitrogens is 1. The second kappa shape index (κ2) is 6.73. The van der Waals surface area contributed by atoms with Gasteiger partial charge in [0.25, 0.3) is 0 Å². The molecule has 0 aliphatic carbocycles. The molecule has 1 atom stereocenters. The van der Waals surface area contributed by atoms with Gasteiger partial charge in [-0.3, -0.25) is 0 Å². The molecule has 0 fully saturated rings. The van der Waals surface area contributed by atoms with Crippen LogP contribution < -0.4 is 5.32 Å². The van der Waals surface area contributed by atoms with Crippen LogP contribution >= 0.6 is 0 Å². The van der Waals surface area contributed by atoms with Crippen molar-refractivity contribution < 1.29 is 14.6 Å². The van der Waals surface area contributed by atoms with Crippen LogP contribution in [0, 0.1) is 5.92 Å². The van der Waals surface area contributed by atoms with E-state index in [-0.39, 0.29) is 5.97 Å². The first-order chi connectivity index (χ1) is 8.84. The topological polar surface area (TPSA) is 74.3 Å². The molecular weight excluding hydrogens is 244 g/mol. The number of carbonyl (C=O) groups excluding carboxylic acids is 1. The highest BCUT2D eigenvalue weighted by molar-refractivity contribution is 5.87. The predicted molar refractivity (Wildman–Crippen MR) is 73.9 cm³/mol. The second-order valence-electron chi connectivity index (χ2n) is 5.59. The van der Waals surface area contributed by atoms with Gasteiger partial charge in [-0.1, -0.05) is 13.8 Å². The maximum Gasteiger partial charge on any atom is 0.354 e. The fourth-order valence-corrected chi connectivity index (χ4v) is 2.19. The first-order valence-electron chi connectivity index (χ1n) is 6.53. The van der Waals surface area contributed by atoms with Crippen LogP contribution in [0.4, 0.5) is 0 Å². The van der Waals surface area contributed by atoms with Crippen molar-refractivity contribution in [2.75, 3.05) is 13.7 Å². The number of rotatable bonds is 7. The van der Waals surface area contributed by atoms with Gasteiger partial charge >= 0.3 is 5.97 Å². The number of esters is 1. The molecule has 5 nitrogen and oxygen atoms in total. The van der Waals surface area contributed by atoms with Crippen LogP contribution in [0.3, 0.4) is 0 Å². The maximum atomic E-state index is 11.3. The van der Waals surface area contributed by atoms with E-state index in [9.17, 15) is 9.90 Å². The minimum absolute atomic E-state index is 0.377. The van der Waals surface area contributed by atoms with Gasteiger partial charge in [-0.05, 0) is 31.4 Å². The minimum atomic E-state index is -0.716. The zero-order valence-corrected chi connectivity index (χ0v) is 12.1. The Bertz CT molecular complexity index is 411. The van der Waals surface area contributed by atoms with Crippen molar-refractivity contribution in [2.45, 2.75) is 39.3 Å². The van der Waals surface area contributed by atoms with Gasteiger partial charge in [0.05, 0.1) is 12.7 Å². The van der Waals surface area contributed by atoms with E-state index >= 15 is 0 Å². The van der Waals surface area contributed by atoms with Gasteiger partial charge in [0, 0.05) is 18.8 Å². The molecule has 1 unspecified atom stereocenters. The van der Waals surface area contributed by atoms with Crippen LogP contribution in [0.2, 0.25) is 0 Å². The third-order valence-electron chi connectivity index (χ3n) is 2.82. The summed E-state index contributed by atoms with van der Waals surface area (Å²) >= 11 is 0. The first-order valence-corrected chi connectivity index (χ1v) is 6.53. The number of aliphatic hydroxyl groups is 1. The van der Waals surface area contributed by atoms with Crippen LogP contribution in [0.15, 0.2) is 12.1 Å². The molecule has 0 saturated heterocycles. The summed E-state index contributed by atoms with van der Waals surface area (Å²) in [6.45, 7) is 7.09. The molecule has 0 aliphatic rings. The summed E-state index contributed by atoms with van der Waals surface area (Å²) in [6.07, 6.45) is 0.748. The van der Waals surface area contributed by atoms with Crippen molar-refractivity contribution in [3.63, 3.8) is 0 Å². The van der Waals surface area contributed by atoms with E-state index in [0.29, 0.717) is 24.7 Å². The highest BCUT2D eigenvalue weighted by Crippen LogP contribution is 2.15. The molecule has 108 valence electrons. The molecular formula is C14H24N2O3. The lowest BCUT2D eigenvalue weighted by Crippen LogP contribution is -2.38. The molecule has 0 aliphatic heterocycles. The largest absolute Gasteiger partial charge is 0.464 e. The van der Waals surface area contributed by atoms with Gasteiger partial charge in [-0.2, -0.15) is 0 Å². The van der Waals surface area contributed by atoms with Gasteiger partial charge < -0.3 is 20.1 Å². The zero-order chi connectivity index (χ0) is 14.5. The quantitative estimate of drug-likeness (QED) is 0.658. The van der Waals surface area contributed by atoms with E-state index in [1.54, 1.807) is 6.07 Å². The van der Waals surface area contributed by atoms with Crippen molar-refractivity contribution in [3.8, 4) is 0 Å². The van der Waals surface area contributed by atoms with Gasteiger partial charge in [0.15, 0.2) is 0 Å². The number of aromatic amines is 1. The molecule has 0 aromatic carbocycles. The lowest BCUT2D eigenvalue weighted by Gasteiger charge is -2.25. The first kappa shape index (κ1) is 15.7. The van der Waals surface area contributed by atoms with Crippen LogP contribution in [0.25, 0.3) is 0 Å². The highest BCUT2D eigenvalue weighted by Gasteiger charge is 2.21. The SMILES string of the molecule is COC(=O)c1ccc(CNCC(C)(O)CC(C)C)[nH]1. The molecule has 1 aromatic heterocycles. The molecule has 19 heavy (non-hydrogen) atoms. The Kier molecular flexibility index (Phi) is 5.57. The lowest BCUT2D eigenvalue weighted by molar-refractivity contribution is 0.0382. The average molecular weight is 268 g/mol. The highest BCUT2D eigenvalue weighted by atomic mass is 16.5. The molecule has 0 spiro atoms. The number of hydrogen-bond acceptors (Lipinski definition) is 4. The van der Waals surface area contributed by atoms with Crippen LogP contribution in [0.1, 0.15) is 43.4 Å². The fraction of sp³-hybridized carbons (Fsp3) is 0.643. The summed E-state index contributed by atoms with van der Waals surface area (Å²) in [4.78, 5) is 14.2. The second-order valence-corrected chi connectivity index (χ2v) is 5.59. The van der Waals surface area contributed by atoms with Crippen molar-refractivity contribution in [3.05, 3.63) is 23.5 Å². The average Bonchev–Trinajstić information content (AvgIpc) is 2.74. The number of methoxy groups -OCH3 is 1. The summed E-state index contributed by atoms with van der Waals surface area (Å²) in [7, 11) is 1.35. The monoisotopic (exact) mass is 268 g/mol. The number of hydrogen-bond donors (Lipinski definition) is 3. The summed E-state index contributed by atoms with van der Waals surface area (Å²) in [6, 6.07) is 3.52. The molecule has 1 aromatic rings. The Morgan fingerprint density at radius 2 is 2.21 bits per heavy atom. The minimum Gasteiger partial charge on any atom is -0.464 e. The number of aromatic nitrogens is 1. The Morgan fingerprint density at radius 1 is 1.53 bits per heavy atom. The Labute approximate surface area is 114 Å². The zero-order valence-electron chi connectivity index (χ0n) is 12.1. The summed E-state index contributed by atoms with van der Waals surface area (Å²) in [5, 5.41) is 13.3. The number of ether oxygens (including phenoxy) is 1. The van der Waals surface area contributed by atoms with Gasteiger partial charge in [0.2, 0.25) is 0 Å². The van der Waals surface area contributed by atoms with Crippen LogP contribution in [-0.2, 0) is 11.3 Å². The third kappa shape index (κ3) is 5.44. The Morgan fingerprint density at radius 3 is 2.79 bits per heavy atom. The molecule has 0 radical (unpaired) electrons. The fourth-order valence-electron chi connectivity index (χ4n) is 2.19. The van der Waals surface area contributed by atoms with E-state index in [1.807, 2.05) is 13.0 Å². The van der Waals surface area contributed by atoms with Crippen molar-refractivity contribution >= 4 is 5.97 Å². The van der Waals surface area contributed by atoms with Crippen LogP contribution in [-0.4, -0.2) is 35.3 Å². The van der Waals surface area contributed by atoms with Gasteiger partial charge in [-0.15, -0.1) is 0 Å². The van der Waals surface area contributed by atoms with Gasteiger partial charge in [0.1, 0.15) is 5.69 Å². The molecule has 1 heterocycles. The summed E-state index contributed by atoms with van der Waals surface area (Å²) < 4.78 is 4.62. The Hall–Kier alpha value is -1.33. The summed E-state index contributed by atoms with van der Waals surface area (Å²) in [5.41, 5.74) is 0.611. The predicted octanol–water partition coefficient (Wildman–Crippen LogP) is 1.69.